The number of nitrogens with one attached hydrogen (secondary N) is 1. The lowest BCUT2D eigenvalue weighted by atomic mass is 10.1. The van der Waals surface area contributed by atoms with E-state index in [1.165, 1.54) is 5.56 Å². The third-order valence-corrected chi connectivity index (χ3v) is 3.51. The van der Waals surface area contributed by atoms with Crippen molar-refractivity contribution in [2.24, 2.45) is 0 Å². The van der Waals surface area contributed by atoms with Crippen LogP contribution in [0.1, 0.15) is 24.6 Å². The molecule has 2 aromatic heterocycles. The smallest absolute Gasteiger partial charge is 0.284 e. The predicted octanol–water partition coefficient (Wildman–Crippen LogP) is 2.07. The fraction of sp³-hybridized carbons (Fsp3) is 0.417. The second-order valence-corrected chi connectivity index (χ2v) is 4.72. The summed E-state index contributed by atoms with van der Waals surface area (Å²) in [5, 5.41) is 6.49. The highest BCUT2D eigenvalue weighted by Gasteiger charge is 2.20. The lowest BCUT2D eigenvalue weighted by molar-refractivity contribution is 0.549. The average molecular weight is 263 g/mol. The number of nitrogens with zero attached hydrogens (tertiary/aromatic N) is 2. The van der Waals surface area contributed by atoms with Gasteiger partial charge in [0.15, 0.2) is 0 Å². The summed E-state index contributed by atoms with van der Waals surface area (Å²) in [5.74, 6) is 0.280. The molecule has 0 saturated carbocycles. The molecule has 2 aromatic rings. The van der Waals surface area contributed by atoms with E-state index in [1.807, 2.05) is 17.6 Å². The standard InChI is InChI=1S/C12H13N3O2S/c1-2-15-9-5-3-4-7(9)6-8(11(15)16)10-13-14-12(18)17-10/h6H,2-5H2,1H3,(H,14,18). The number of hydrogen-bond acceptors (Lipinski definition) is 4. The third kappa shape index (κ3) is 1.64. The number of pyridine rings is 1. The molecule has 1 aliphatic carbocycles. The first-order valence-corrected chi connectivity index (χ1v) is 6.43. The average Bonchev–Trinajstić information content (AvgIpc) is 2.96. The lowest BCUT2D eigenvalue weighted by Gasteiger charge is -2.11. The van der Waals surface area contributed by atoms with Crippen LogP contribution in [-0.4, -0.2) is 14.8 Å². The first kappa shape index (κ1) is 11.4. The van der Waals surface area contributed by atoms with Gasteiger partial charge in [0.05, 0.1) is 0 Å². The Hall–Kier alpha value is -1.69. The maximum Gasteiger partial charge on any atom is 0.284 e. The van der Waals surface area contributed by atoms with E-state index in [1.54, 1.807) is 0 Å². The number of aryl methyl sites for hydroxylation is 1. The summed E-state index contributed by atoms with van der Waals surface area (Å²) in [4.78, 5) is 12.6. The summed E-state index contributed by atoms with van der Waals surface area (Å²) >= 11 is 4.84. The van der Waals surface area contributed by atoms with Gasteiger partial charge in [-0.25, -0.2) is 5.10 Å². The van der Waals surface area contributed by atoms with E-state index >= 15 is 0 Å². The van der Waals surface area contributed by atoms with Crippen molar-refractivity contribution < 1.29 is 4.42 Å². The van der Waals surface area contributed by atoms with Gasteiger partial charge >= 0.3 is 0 Å². The number of H-pyrrole nitrogens is 1. The topological polar surface area (TPSA) is 63.8 Å². The van der Waals surface area contributed by atoms with Gasteiger partial charge in [0.2, 0.25) is 0 Å². The zero-order chi connectivity index (χ0) is 12.7. The highest BCUT2D eigenvalue weighted by Crippen LogP contribution is 2.24. The highest BCUT2D eigenvalue weighted by molar-refractivity contribution is 7.71. The zero-order valence-electron chi connectivity index (χ0n) is 10.0. The van der Waals surface area contributed by atoms with E-state index < -0.39 is 0 Å². The number of hydrogen-bond donors (Lipinski definition) is 1. The van der Waals surface area contributed by atoms with Crippen molar-refractivity contribution in [3.05, 3.63) is 32.5 Å². The highest BCUT2D eigenvalue weighted by atomic mass is 32.1. The molecule has 0 unspecified atom stereocenters. The molecule has 0 atom stereocenters. The summed E-state index contributed by atoms with van der Waals surface area (Å²) in [6.07, 6.45) is 3.08. The maximum atomic E-state index is 12.4. The van der Waals surface area contributed by atoms with E-state index in [-0.39, 0.29) is 16.3 Å². The number of aromatic nitrogens is 3. The van der Waals surface area contributed by atoms with Gasteiger partial charge < -0.3 is 8.98 Å². The fourth-order valence-electron chi connectivity index (χ4n) is 2.55. The van der Waals surface area contributed by atoms with Crippen molar-refractivity contribution in [1.29, 1.82) is 0 Å². The SMILES string of the molecule is CCn1c2c(cc(-c3n[nH]c(=S)o3)c1=O)CCC2. The Morgan fingerprint density at radius 2 is 2.39 bits per heavy atom. The largest absolute Gasteiger partial charge is 0.409 e. The van der Waals surface area contributed by atoms with Crippen LogP contribution >= 0.6 is 12.2 Å². The molecule has 5 nitrogen and oxygen atoms in total. The molecule has 0 fully saturated rings. The van der Waals surface area contributed by atoms with Crippen LogP contribution in [-0.2, 0) is 19.4 Å². The summed E-state index contributed by atoms with van der Waals surface area (Å²) in [7, 11) is 0. The maximum absolute atomic E-state index is 12.4. The Morgan fingerprint density at radius 3 is 3.06 bits per heavy atom. The minimum atomic E-state index is -0.0524. The Bertz CT molecular complexity index is 711. The predicted molar refractivity (Wildman–Crippen MR) is 69.1 cm³/mol. The van der Waals surface area contributed by atoms with Gasteiger partial charge in [0.1, 0.15) is 5.56 Å². The second kappa shape index (κ2) is 4.20. The van der Waals surface area contributed by atoms with Crippen LogP contribution in [0.4, 0.5) is 0 Å². The van der Waals surface area contributed by atoms with E-state index in [0.717, 1.165) is 25.0 Å². The number of rotatable bonds is 2. The Balaban J connectivity index is 2.28. The molecule has 2 heterocycles. The van der Waals surface area contributed by atoms with Crippen LogP contribution in [0.15, 0.2) is 15.3 Å². The minimum Gasteiger partial charge on any atom is -0.409 e. The van der Waals surface area contributed by atoms with Gasteiger partial charge in [-0.15, -0.1) is 5.10 Å². The molecular formula is C12H13N3O2S. The fourth-order valence-corrected chi connectivity index (χ4v) is 2.68. The molecule has 0 aliphatic heterocycles. The van der Waals surface area contributed by atoms with Gasteiger partial charge in [0.25, 0.3) is 16.3 Å². The van der Waals surface area contributed by atoms with Crippen LogP contribution in [0.2, 0.25) is 0 Å². The van der Waals surface area contributed by atoms with Crippen molar-refractivity contribution >= 4 is 12.2 Å². The molecule has 1 N–H and O–H groups in total. The quantitative estimate of drug-likeness (QED) is 0.842. The van der Waals surface area contributed by atoms with E-state index in [0.29, 0.717) is 12.1 Å². The third-order valence-electron chi connectivity index (χ3n) is 3.34. The number of aromatic amines is 1. The molecule has 0 aromatic carbocycles. The molecule has 94 valence electrons. The van der Waals surface area contributed by atoms with Gasteiger partial charge in [-0.2, -0.15) is 0 Å². The van der Waals surface area contributed by atoms with Crippen molar-refractivity contribution in [3.8, 4) is 11.5 Å². The minimum absolute atomic E-state index is 0.0524. The van der Waals surface area contributed by atoms with Crippen molar-refractivity contribution in [2.45, 2.75) is 32.7 Å². The molecule has 6 heteroatoms. The van der Waals surface area contributed by atoms with E-state index in [4.69, 9.17) is 16.6 Å². The normalized spacial score (nSPS) is 13.8. The van der Waals surface area contributed by atoms with Crippen LogP contribution in [0.5, 0.6) is 0 Å². The molecule has 0 bridgehead atoms. The van der Waals surface area contributed by atoms with Crippen molar-refractivity contribution in [2.75, 3.05) is 0 Å². The molecule has 0 radical (unpaired) electrons. The number of fused-ring (bicyclic) bond motifs is 1. The van der Waals surface area contributed by atoms with E-state index in [2.05, 4.69) is 10.2 Å². The van der Waals surface area contributed by atoms with Gasteiger partial charge in [-0.3, -0.25) is 4.79 Å². The van der Waals surface area contributed by atoms with Gasteiger partial charge in [0, 0.05) is 12.2 Å². The van der Waals surface area contributed by atoms with Gasteiger partial charge in [-0.1, -0.05) is 0 Å². The van der Waals surface area contributed by atoms with Crippen LogP contribution in [0.3, 0.4) is 0 Å². The first-order chi connectivity index (χ1) is 8.70. The molecule has 3 rings (SSSR count). The summed E-state index contributed by atoms with van der Waals surface area (Å²) in [6, 6.07) is 1.89. The Kier molecular flexibility index (Phi) is 2.66. The van der Waals surface area contributed by atoms with E-state index in [9.17, 15) is 4.79 Å². The Morgan fingerprint density at radius 1 is 1.56 bits per heavy atom. The van der Waals surface area contributed by atoms with Gasteiger partial charge in [-0.05, 0) is 50.0 Å². The Labute approximate surface area is 108 Å². The molecule has 18 heavy (non-hydrogen) atoms. The summed E-state index contributed by atoms with van der Waals surface area (Å²) < 4.78 is 7.05. The van der Waals surface area contributed by atoms with Crippen molar-refractivity contribution in [3.63, 3.8) is 0 Å². The lowest BCUT2D eigenvalue weighted by Crippen LogP contribution is -2.24. The molecule has 0 amide bonds. The first-order valence-electron chi connectivity index (χ1n) is 6.02. The second-order valence-electron chi connectivity index (χ2n) is 4.35. The molecule has 1 aliphatic rings. The summed E-state index contributed by atoms with van der Waals surface area (Å²) in [6.45, 7) is 2.64. The zero-order valence-corrected chi connectivity index (χ0v) is 10.8. The monoisotopic (exact) mass is 263 g/mol. The summed E-state index contributed by atoms with van der Waals surface area (Å²) in [5.41, 5.74) is 2.81. The van der Waals surface area contributed by atoms with Crippen LogP contribution in [0.25, 0.3) is 11.5 Å². The molecular weight excluding hydrogens is 250 g/mol. The van der Waals surface area contributed by atoms with Crippen molar-refractivity contribution in [1.82, 2.24) is 14.8 Å². The molecule has 0 saturated heterocycles. The molecule has 0 spiro atoms. The van der Waals surface area contributed by atoms with Crippen LogP contribution in [0, 0.1) is 4.84 Å². The van der Waals surface area contributed by atoms with Crippen LogP contribution < -0.4 is 5.56 Å².